The van der Waals surface area contributed by atoms with E-state index in [-0.39, 0.29) is 5.69 Å². The van der Waals surface area contributed by atoms with Gasteiger partial charge in [-0.1, -0.05) is 42.0 Å². The van der Waals surface area contributed by atoms with Gasteiger partial charge in [0.05, 0.1) is 6.20 Å². The van der Waals surface area contributed by atoms with Crippen molar-refractivity contribution in [2.75, 3.05) is 6.54 Å². The molecule has 0 saturated carbocycles. The highest BCUT2D eigenvalue weighted by Crippen LogP contribution is 2.21. The lowest BCUT2D eigenvalue weighted by atomic mass is 10.1. The number of pyridine rings is 1. The largest absolute Gasteiger partial charge is 0.456 e. The van der Waals surface area contributed by atoms with Gasteiger partial charge in [0.2, 0.25) is 5.92 Å². The minimum atomic E-state index is -2.50. The summed E-state index contributed by atoms with van der Waals surface area (Å²) in [6.45, 7) is 5.56. The Bertz CT molecular complexity index is 979. The molecule has 0 unspecified atom stereocenters. The van der Waals surface area contributed by atoms with Crippen molar-refractivity contribution in [1.82, 2.24) is 10.3 Å². The van der Waals surface area contributed by atoms with Crippen molar-refractivity contribution in [2.45, 2.75) is 39.7 Å². The number of carbonyl (C=O) groups is 1. The maximum atomic E-state index is 11.0. The van der Waals surface area contributed by atoms with Gasteiger partial charge in [-0.05, 0) is 69.1 Å². The Hall–Kier alpha value is -3.32. The van der Waals surface area contributed by atoms with E-state index in [4.69, 9.17) is 10.5 Å². The zero-order valence-electron chi connectivity index (χ0n) is 18.6. The highest BCUT2D eigenvalue weighted by Gasteiger charge is 2.08. The Balaban J connectivity index is 0.000000654. The summed E-state index contributed by atoms with van der Waals surface area (Å²) in [6.07, 6.45) is 2.50. The minimum Gasteiger partial charge on any atom is -0.456 e. The van der Waals surface area contributed by atoms with Gasteiger partial charge in [-0.2, -0.15) is 0 Å². The highest BCUT2D eigenvalue weighted by atomic mass is 19.3. The van der Waals surface area contributed by atoms with Gasteiger partial charge in [0.25, 0.3) is 5.91 Å². The van der Waals surface area contributed by atoms with Gasteiger partial charge >= 0.3 is 0 Å². The number of nitrogens with zero attached hydrogens (tertiary/aromatic N) is 1. The van der Waals surface area contributed by atoms with E-state index >= 15 is 0 Å². The monoisotopic (exact) mass is 441 g/mol. The molecular weight excluding hydrogens is 412 g/mol. The molecule has 1 aromatic heterocycles. The lowest BCUT2D eigenvalue weighted by molar-refractivity contribution is 0.0437. The molecular formula is C25H29F2N3O2. The van der Waals surface area contributed by atoms with Crippen LogP contribution in [0, 0.1) is 6.92 Å². The standard InChI is InChI=1S/C22H23N3O2.C3H6F2/c1-16-3-2-4-17(13-16)11-12-24-14-18-5-7-19(8-6-18)27-20-9-10-21(22(23)26)25-15-20;1-3(2,4)5/h2-10,13,15,24H,11-12,14H2,1H3,(H2,23,26);1-2H3. The summed E-state index contributed by atoms with van der Waals surface area (Å²) < 4.78 is 27.8. The number of alkyl halides is 2. The summed E-state index contributed by atoms with van der Waals surface area (Å²) in [5, 5.41) is 3.46. The van der Waals surface area contributed by atoms with Crippen LogP contribution in [-0.4, -0.2) is 23.4 Å². The normalized spacial score (nSPS) is 10.8. The first kappa shape index (κ1) is 24.9. The van der Waals surface area contributed by atoms with E-state index in [9.17, 15) is 13.6 Å². The van der Waals surface area contributed by atoms with Gasteiger partial charge in [0.15, 0.2) is 0 Å². The van der Waals surface area contributed by atoms with Gasteiger partial charge in [-0.25, -0.2) is 13.8 Å². The predicted octanol–water partition coefficient (Wildman–Crippen LogP) is 5.28. The smallest absolute Gasteiger partial charge is 0.267 e. The summed E-state index contributed by atoms with van der Waals surface area (Å²) in [5.41, 5.74) is 9.22. The number of ether oxygens (including phenoxy) is 1. The topological polar surface area (TPSA) is 77.2 Å². The van der Waals surface area contributed by atoms with Crippen molar-refractivity contribution in [2.24, 2.45) is 5.73 Å². The Kier molecular flexibility index (Phi) is 9.28. The molecule has 0 fully saturated rings. The molecule has 3 aromatic rings. The molecule has 1 amide bonds. The second-order valence-corrected chi connectivity index (χ2v) is 7.73. The molecule has 32 heavy (non-hydrogen) atoms. The summed E-state index contributed by atoms with van der Waals surface area (Å²) in [7, 11) is 0. The highest BCUT2D eigenvalue weighted by molar-refractivity contribution is 5.90. The SMILES string of the molecule is CC(C)(F)F.Cc1cccc(CCNCc2ccc(Oc3ccc(C(N)=O)nc3)cc2)c1. The molecule has 7 heteroatoms. The first-order valence-corrected chi connectivity index (χ1v) is 10.3. The third-order valence-electron chi connectivity index (χ3n) is 4.15. The number of amides is 1. The van der Waals surface area contributed by atoms with Crippen LogP contribution >= 0.6 is 0 Å². The fourth-order valence-corrected chi connectivity index (χ4v) is 2.73. The van der Waals surface area contributed by atoms with Crippen LogP contribution in [-0.2, 0) is 13.0 Å². The number of benzene rings is 2. The molecule has 0 aliphatic heterocycles. The van der Waals surface area contributed by atoms with Crippen LogP contribution in [0.4, 0.5) is 8.78 Å². The van der Waals surface area contributed by atoms with Crippen molar-refractivity contribution in [3.8, 4) is 11.5 Å². The summed E-state index contributed by atoms with van der Waals surface area (Å²) in [5.74, 6) is -1.78. The lowest BCUT2D eigenvalue weighted by Crippen LogP contribution is -2.16. The van der Waals surface area contributed by atoms with Crippen LogP contribution in [0.15, 0.2) is 66.9 Å². The molecule has 5 nitrogen and oxygen atoms in total. The fraction of sp³-hybridized carbons (Fsp3) is 0.280. The zero-order valence-corrected chi connectivity index (χ0v) is 18.6. The molecule has 3 rings (SSSR count). The van der Waals surface area contributed by atoms with Crippen molar-refractivity contribution in [3.05, 3.63) is 89.2 Å². The van der Waals surface area contributed by atoms with E-state index in [1.807, 2.05) is 24.3 Å². The van der Waals surface area contributed by atoms with Crippen molar-refractivity contribution in [1.29, 1.82) is 0 Å². The van der Waals surface area contributed by atoms with E-state index in [0.717, 1.165) is 33.4 Å². The molecule has 1 heterocycles. The lowest BCUT2D eigenvalue weighted by Gasteiger charge is -2.08. The van der Waals surface area contributed by atoms with Crippen LogP contribution in [0.2, 0.25) is 0 Å². The Morgan fingerprint density at radius 1 is 1.03 bits per heavy atom. The fourth-order valence-electron chi connectivity index (χ4n) is 2.73. The van der Waals surface area contributed by atoms with Gasteiger partial charge in [-0.3, -0.25) is 4.79 Å². The van der Waals surface area contributed by atoms with Crippen LogP contribution < -0.4 is 15.8 Å². The van der Waals surface area contributed by atoms with Crippen LogP contribution in [0.5, 0.6) is 11.5 Å². The predicted molar refractivity (Wildman–Crippen MR) is 122 cm³/mol. The summed E-state index contributed by atoms with van der Waals surface area (Å²) in [4.78, 5) is 15.0. The van der Waals surface area contributed by atoms with Crippen molar-refractivity contribution < 1.29 is 18.3 Å². The van der Waals surface area contributed by atoms with Gasteiger partial charge in [-0.15, -0.1) is 0 Å². The zero-order chi connectivity index (χ0) is 23.6. The molecule has 0 aliphatic rings. The Morgan fingerprint density at radius 3 is 2.25 bits per heavy atom. The Morgan fingerprint density at radius 2 is 1.69 bits per heavy atom. The van der Waals surface area contributed by atoms with Crippen LogP contribution in [0.3, 0.4) is 0 Å². The summed E-state index contributed by atoms with van der Waals surface area (Å²) in [6, 6.07) is 19.7. The molecule has 0 saturated heterocycles. The number of carbonyl (C=O) groups excluding carboxylic acids is 1. The molecule has 0 spiro atoms. The first-order valence-electron chi connectivity index (χ1n) is 10.3. The summed E-state index contributed by atoms with van der Waals surface area (Å²) >= 11 is 0. The molecule has 3 N–H and O–H groups in total. The number of aryl methyl sites for hydroxylation is 1. The number of nitrogens with one attached hydrogen (secondary N) is 1. The van der Waals surface area contributed by atoms with Crippen molar-refractivity contribution in [3.63, 3.8) is 0 Å². The van der Waals surface area contributed by atoms with Crippen LogP contribution in [0.25, 0.3) is 0 Å². The Labute approximate surface area is 187 Å². The average molecular weight is 442 g/mol. The number of rotatable bonds is 8. The molecule has 0 radical (unpaired) electrons. The van der Waals surface area contributed by atoms with E-state index in [1.165, 1.54) is 22.9 Å². The van der Waals surface area contributed by atoms with Gasteiger partial charge < -0.3 is 15.8 Å². The third kappa shape index (κ3) is 10.1. The second kappa shape index (κ2) is 11.9. The molecule has 170 valence electrons. The van der Waals surface area contributed by atoms with Crippen molar-refractivity contribution >= 4 is 5.91 Å². The number of hydrogen-bond donors (Lipinski definition) is 2. The second-order valence-electron chi connectivity index (χ2n) is 7.73. The molecule has 0 atom stereocenters. The maximum Gasteiger partial charge on any atom is 0.267 e. The third-order valence-corrected chi connectivity index (χ3v) is 4.15. The average Bonchev–Trinajstić information content (AvgIpc) is 2.72. The number of hydrogen-bond acceptors (Lipinski definition) is 4. The number of halogens is 2. The van der Waals surface area contributed by atoms with Gasteiger partial charge in [0, 0.05) is 6.54 Å². The quantitative estimate of drug-likeness (QED) is 0.467. The number of nitrogens with two attached hydrogens (primary N) is 1. The number of aromatic nitrogens is 1. The van der Waals surface area contributed by atoms with E-state index < -0.39 is 11.8 Å². The molecule has 2 aromatic carbocycles. The van der Waals surface area contributed by atoms with E-state index in [1.54, 1.807) is 12.1 Å². The first-order chi connectivity index (χ1) is 15.1. The molecule has 0 aliphatic carbocycles. The van der Waals surface area contributed by atoms with E-state index in [0.29, 0.717) is 11.5 Å². The minimum absolute atomic E-state index is 0.217. The maximum absolute atomic E-state index is 11.0. The van der Waals surface area contributed by atoms with Crippen LogP contribution in [0.1, 0.15) is 41.0 Å². The van der Waals surface area contributed by atoms with E-state index in [2.05, 4.69) is 41.5 Å². The molecule has 0 bridgehead atoms. The number of primary amides is 1. The van der Waals surface area contributed by atoms with Gasteiger partial charge in [0.1, 0.15) is 17.2 Å².